The van der Waals surface area contributed by atoms with Crippen molar-refractivity contribution in [3.63, 3.8) is 0 Å². The third kappa shape index (κ3) is 1.80. The largest absolute Gasteiger partial charge is 0.433 e. The Kier molecular flexibility index (Phi) is 2.30. The van der Waals surface area contributed by atoms with E-state index < -0.39 is 11.7 Å². The molecule has 0 radical (unpaired) electrons. The molecule has 1 fully saturated rings. The third-order valence-electron chi connectivity index (χ3n) is 1.79. The molecule has 0 aromatic carbocycles. The minimum atomic E-state index is -1.04. The number of rotatable bonds is 2. The standard InChI is InChI=1S/C8H14N2O3/c1-5(9)4-10-6(11)8(2,3)13-7(10)12/h5H,4,9H2,1-3H3/t5-/m1/s1. The number of imide groups is 1. The van der Waals surface area contributed by atoms with Gasteiger partial charge in [0.25, 0.3) is 5.91 Å². The van der Waals surface area contributed by atoms with Crippen molar-refractivity contribution in [2.24, 2.45) is 5.73 Å². The monoisotopic (exact) mass is 186 g/mol. The summed E-state index contributed by atoms with van der Waals surface area (Å²) in [7, 11) is 0. The maximum atomic E-state index is 11.5. The molecule has 0 aromatic heterocycles. The molecular weight excluding hydrogens is 172 g/mol. The van der Waals surface area contributed by atoms with Crippen molar-refractivity contribution in [3.8, 4) is 0 Å². The highest BCUT2D eigenvalue weighted by Gasteiger charge is 2.46. The number of cyclic esters (lactones) is 1. The Morgan fingerprint density at radius 3 is 2.38 bits per heavy atom. The number of ether oxygens (including phenoxy) is 1. The second-order valence-corrected chi connectivity index (χ2v) is 3.77. The third-order valence-corrected chi connectivity index (χ3v) is 1.79. The molecule has 5 nitrogen and oxygen atoms in total. The van der Waals surface area contributed by atoms with E-state index in [0.717, 1.165) is 4.90 Å². The van der Waals surface area contributed by atoms with Crippen LogP contribution in [0.1, 0.15) is 20.8 Å². The van der Waals surface area contributed by atoms with E-state index in [0.29, 0.717) is 0 Å². The molecule has 0 unspecified atom stereocenters. The van der Waals surface area contributed by atoms with E-state index in [1.54, 1.807) is 20.8 Å². The van der Waals surface area contributed by atoms with Crippen molar-refractivity contribution in [1.29, 1.82) is 0 Å². The lowest BCUT2D eigenvalue weighted by Gasteiger charge is -2.15. The summed E-state index contributed by atoms with van der Waals surface area (Å²) in [5, 5.41) is 0. The molecule has 1 rings (SSSR count). The van der Waals surface area contributed by atoms with Crippen LogP contribution in [0, 0.1) is 0 Å². The van der Waals surface area contributed by atoms with Gasteiger partial charge in [0.2, 0.25) is 0 Å². The SMILES string of the molecule is C[C@@H](N)CN1C(=O)OC(C)(C)C1=O. The number of carbonyl (C=O) groups excluding carboxylic acids is 2. The zero-order valence-electron chi connectivity index (χ0n) is 8.03. The van der Waals surface area contributed by atoms with Crippen molar-refractivity contribution in [2.45, 2.75) is 32.4 Å². The van der Waals surface area contributed by atoms with Crippen LogP contribution in [0.2, 0.25) is 0 Å². The molecule has 0 aliphatic carbocycles. The van der Waals surface area contributed by atoms with Gasteiger partial charge in [0.15, 0.2) is 5.60 Å². The number of amides is 2. The number of nitrogens with zero attached hydrogens (tertiary/aromatic N) is 1. The Balaban J connectivity index is 2.77. The van der Waals surface area contributed by atoms with Crippen LogP contribution in [0.25, 0.3) is 0 Å². The molecule has 1 atom stereocenters. The van der Waals surface area contributed by atoms with Crippen LogP contribution < -0.4 is 5.73 Å². The van der Waals surface area contributed by atoms with Crippen molar-refractivity contribution in [3.05, 3.63) is 0 Å². The lowest BCUT2D eigenvalue weighted by Crippen LogP contribution is -2.42. The van der Waals surface area contributed by atoms with Gasteiger partial charge in [-0.3, -0.25) is 4.79 Å². The first-order valence-electron chi connectivity index (χ1n) is 4.15. The lowest BCUT2D eigenvalue weighted by molar-refractivity contribution is -0.134. The molecule has 1 aliphatic rings. The van der Waals surface area contributed by atoms with Crippen LogP contribution in [0.5, 0.6) is 0 Å². The molecule has 0 spiro atoms. The van der Waals surface area contributed by atoms with E-state index in [2.05, 4.69) is 0 Å². The second kappa shape index (κ2) is 2.99. The van der Waals surface area contributed by atoms with Gasteiger partial charge in [-0.05, 0) is 20.8 Å². The maximum Gasteiger partial charge on any atom is 0.417 e. The predicted octanol–water partition coefficient (Wildman–Crippen LogP) is 0.0910. The first kappa shape index (κ1) is 9.98. The molecule has 0 bridgehead atoms. The molecule has 2 N–H and O–H groups in total. The van der Waals surface area contributed by atoms with Gasteiger partial charge in [0.05, 0.1) is 0 Å². The number of nitrogens with two attached hydrogens (primary N) is 1. The summed E-state index contributed by atoms with van der Waals surface area (Å²) in [6, 6.07) is -0.231. The molecule has 1 heterocycles. The average molecular weight is 186 g/mol. The smallest absolute Gasteiger partial charge is 0.417 e. The van der Waals surface area contributed by atoms with Gasteiger partial charge < -0.3 is 10.5 Å². The second-order valence-electron chi connectivity index (χ2n) is 3.77. The zero-order valence-corrected chi connectivity index (χ0v) is 8.03. The van der Waals surface area contributed by atoms with Crippen LogP contribution in [0.3, 0.4) is 0 Å². The summed E-state index contributed by atoms with van der Waals surface area (Å²) >= 11 is 0. The molecule has 1 aliphatic heterocycles. The molecule has 13 heavy (non-hydrogen) atoms. The summed E-state index contributed by atoms with van der Waals surface area (Å²) in [6.07, 6.45) is -0.604. The topological polar surface area (TPSA) is 72.6 Å². The molecule has 2 amide bonds. The van der Waals surface area contributed by atoms with Crippen LogP contribution in [0.4, 0.5) is 4.79 Å². The first-order chi connectivity index (χ1) is 5.84. The molecule has 0 aromatic rings. The van der Waals surface area contributed by atoms with Gasteiger partial charge in [0, 0.05) is 12.6 Å². The fraction of sp³-hybridized carbons (Fsp3) is 0.750. The minimum absolute atomic E-state index is 0.209. The normalized spacial score (nSPS) is 23.2. The van der Waals surface area contributed by atoms with Gasteiger partial charge in [-0.15, -0.1) is 0 Å². The predicted molar refractivity (Wildman–Crippen MR) is 45.9 cm³/mol. The fourth-order valence-electron chi connectivity index (χ4n) is 1.17. The van der Waals surface area contributed by atoms with Gasteiger partial charge >= 0.3 is 6.09 Å². The summed E-state index contributed by atoms with van der Waals surface area (Å²) in [5.74, 6) is -0.324. The Bertz CT molecular complexity index is 248. The minimum Gasteiger partial charge on any atom is -0.433 e. The Labute approximate surface area is 76.8 Å². The quantitative estimate of drug-likeness (QED) is 0.663. The summed E-state index contributed by atoms with van der Waals surface area (Å²) in [6.45, 7) is 5.07. The number of carbonyl (C=O) groups is 2. The van der Waals surface area contributed by atoms with Gasteiger partial charge in [-0.2, -0.15) is 0 Å². The van der Waals surface area contributed by atoms with Crippen LogP contribution in [0.15, 0.2) is 0 Å². The number of hydrogen-bond donors (Lipinski definition) is 1. The highest BCUT2D eigenvalue weighted by molar-refractivity contribution is 6.02. The fourth-order valence-corrected chi connectivity index (χ4v) is 1.17. The van der Waals surface area contributed by atoms with E-state index >= 15 is 0 Å². The maximum absolute atomic E-state index is 11.5. The van der Waals surface area contributed by atoms with Gasteiger partial charge in [-0.25, -0.2) is 9.69 Å². The molecule has 0 saturated carbocycles. The molecule has 74 valence electrons. The van der Waals surface area contributed by atoms with Crippen LogP contribution >= 0.6 is 0 Å². The van der Waals surface area contributed by atoms with Crippen molar-refractivity contribution in [2.75, 3.05) is 6.54 Å². The van der Waals surface area contributed by atoms with E-state index in [-0.39, 0.29) is 18.5 Å². The molecular formula is C8H14N2O3. The Morgan fingerprint density at radius 2 is 2.08 bits per heavy atom. The summed E-state index contributed by atoms with van der Waals surface area (Å²) < 4.78 is 4.86. The van der Waals surface area contributed by atoms with Gasteiger partial charge in [-0.1, -0.05) is 0 Å². The van der Waals surface area contributed by atoms with Crippen LogP contribution in [-0.2, 0) is 9.53 Å². The van der Waals surface area contributed by atoms with Gasteiger partial charge in [0.1, 0.15) is 0 Å². The van der Waals surface area contributed by atoms with Crippen LogP contribution in [-0.4, -0.2) is 35.1 Å². The highest BCUT2D eigenvalue weighted by Crippen LogP contribution is 2.22. The van der Waals surface area contributed by atoms with Crippen molar-refractivity contribution < 1.29 is 14.3 Å². The van der Waals surface area contributed by atoms with E-state index in [1.807, 2.05) is 0 Å². The molecule has 1 saturated heterocycles. The van der Waals surface area contributed by atoms with Crippen molar-refractivity contribution in [1.82, 2.24) is 4.90 Å². The van der Waals surface area contributed by atoms with E-state index in [1.165, 1.54) is 0 Å². The Hall–Kier alpha value is -1.10. The van der Waals surface area contributed by atoms with Crippen molar-refractivity contribution >= 4 is 12.0 Å². The first-order valence-corrected chi connectivity index (χ1v) is 4.15. The molecule has 5 heteroatoms. The average Bonchev–Trinajstić information content (AvgIpc) is 2.12. The summed E-state index contributed by atoms with van der Waals surface area (Å²) in [4.78, 5) is 23.7. The lowest BCUT2D eigenvalue weighted by atomic mass is 10.1. The zero-order chi connectivity index (χ0) is 10.2. The number of hydrogen-bond acceptors (Lipinski definition) is 4. The summed E-state index contributed by atoms with van der Waals surface area (Å²) in [5.41, 5.74) is 4.45. The van der Waals surface area contributed by atoms with E-state index in [4.69, 9.17) is 10.5 Å². The van der Waals surface area contributed by atoms with E-state index in [9.17, 15) is 9.59 Å². The highest BCUT2D eigenvalue weighted by atomic mass is 16.6. The Morgan fingerprint density at radius 1 is 1.54 bits per heavy atom.